The molecule has 1 aromatic heterocycles. The van der Waals surface area contributed by atoms with Gasteiger partial charge in [-0.2, -0.15) is 0 Å². The van der Waals surface area contributed by atoms with Gasteiger partial charge in [-0.1, -0.05) is 19.0 Å². The molecule has 0 unspecified atom stereocenters. The van der Waals surface area contributed by atoms with E-state index in [0.29, 0.717) is 6.54 Å². The molecule has 1 aliphatic heterocycles. The fourth-order valence-electron chi connectivity index (χ4n) is 3.12. The largest absolute Gasteiger partial charge is 0.373 e. The lowest BCUT2D eigenvalue weighted by Gasteiger charge is -2.40. The van der Waals surface area contributed by atoms with Gasteiger partial charge >= 0.3 is 0 Å². The Kier molecular flexibility index (Phi) is 5.58. The lowest BCUT2D eigenvalue weighted by atomic mass is 9.99. The van der Waals surface area contributed by atoms with Gasteiger partial charge in [0, 0.05) is 19.2 Å². The van der Waals surface area contributed by atoms with Crippen LogP contribution in [0, 0.1) is 12.8 Å². The number of hydrogen-bond acceptors (Lipinski definition) is 5. The van der Waals surface area contributed by atoms with Crippen LogP contribution in [0.4, 0.5) is 0 Å². The van der Waals surface area contributed by atoms with Crippen LogP contribution < -0.4 is 5.32 Å². The van der Waals surface area contributed by atoms with Crippen LogP contribution in [0.1, 0.15) is 39.1 Å². The number of rotatable bonds is 5. The number of aromatic nitrogens is 1. The number of amides is 1. The first-order chi connectivity index (χ1) is 10.4. The highest BCUT2D eigenvalue weighted by molar-refractivity contribution is 5.82. The van der Waals surface area contributed by atoms with Crippen molar-refractivity contribution in [3.8, 4) is 0 Å². The maximum Gasteiger partial charge on any atom is 0.237 e. The van der Waals surface area contributed by atoms with Crippen molar-refractivity contribution in [3.05, 3.63) is 17.5 Å². The zero-order valence-corrected chi connectivity index (χ0v) is 14.1. The van der Waals surface area contributed by atoms with Gasteiger partial charge in [-0.3, -0.25) is 9.69 Å². The summed E-state index contributed by atoms with van der Waals surface area (Å²) >= 11 is 0. The molecular formula is C16H27N3O3. The minimum atomic E-state index is -0.151. The molecule has 0 spiro atoms. The number of nitrogens with one attached hydrogen (secondary N) is 1. The maximum atomic E-state index is 12.6. The molecule has 22 heavy (non-hydrogen) atoms. The van der Waals surface area contributed by atoms with Crippen LogP contribution in [0.2, 0.25) is 0 Å². The van der Waals surface area contributed by atoms with Crippen molar-refractivity contribution >= 4 is 5.91 Å². The molecule has 0 radical (unpaired) electrons. The summed E-state index contributed by atoms with van der Waals surface area (Å²) in [6.07, 6.45) is 0.298. The number of ether oxygens (including phenoxy) is 1. The van der Waals surface area contributed by atoms with Crippen LogP contribution in [0.3, 0.4) is 0 Å². The molecule has 0 aliphatic carbocycles. The van der Waals surface area contributed by atoms with Gasteiger partial charge in [-0.05, 0) is 26.7 Å². The molecule has 3 atom stereocenters. The predicted octanol–water partition coefficient (Wildman–Crippen LogP) is 1.73. The Morgan fingerprint density at radius 2 is 2.05 bits per heavy atom. The standard InChI is InChI=1S/C16H27N3O3/c1-10(2)15(19-8-12(4)21-13(5)9-19)16(20)17-7-14-6-11(3)22-18-14/h6,10,12-13,15H,7-9H2,1-5H3,(H,17,20)/t12-,13-,15+/m1/s1. The summed E-state index contributed by atoms with van der Waals surface area (Å²) in [6, 6.07) is 1.69. The van der Waals surface area contributed by atoms with Gasteiger partial charge in [0.05, 0.1) is 24.8 Å². The Labute approximate surface area is 132 Å². The number of hydrogen-bond donors (Lipinski definition) is 1. The summed E-state index contributed by atoms with van der Waals surface area (Å²) in [5.41, 5.74) is 0.747. The summed E-state index contributed by atoms with van der Waals surface area (Å²) < 4.78 is 10.8. The second kappa shape index (κ2) is 7.24. The highest BCUT2D eigenvalue weighted by Gasteiger charge is 2.34. The second-order valence-electron chi connectivity index (χ2n) is 6.55. The van der Waals surface area contributed by atoms with E-state index in [1.54, 1.807) is 0 Å². The van der Waals surface area contributed by atoms with Crippen LogP contribution in [-0.2, 0) is 16.1 Å². The fraction of sp³-hybridized carbons (Fsp3) is 0.750. The molecule has 6 heteroatoms. The van der Waals surface area contributed by atoms with E-state index in [9.17, 15) is 4.79 Å². The van der Waals surface area contributed by atoms with Crippen molar-refractivity contribution in [1.29, 1.82) is 0 Å². The minimum Gasteiger partial charge on any atom is -0.373 e. The Morgan fingerprint density at radius 1 is 1.41 bits per heavy atom. The zero-order valence-electron chi connectivity index (χ0n) is 14.1. The van der Waals surface area contributed by atoms with E-state index in [4.69, 9.17) is 9.26 Å². The van der Waals surface area contributed by atoms with Crippen molar-refractivity contribution in [2.24, 2.45) is 5.92 Å². The maximum absolute atomic E-state index is 12.6. The first-order valence-electron chi connectivity index (χ1n) is 7.96. The first-order valence-corrected chi connectivity index (χ1v) is 7.96. The van der Waals surface area contributed by atoms with E-state index in [1.165, 1.54) is 0 Å². The molecule has 0 aromatic carbocycles. The lowest BCUT2D eigenvalue weighted by Crippen LogP contribution is -2.56. The van der Waals surface area contributed by atoms with Crippen molar-refractivity contribution < 1.29 is 14.1 Å². The monoisotopic (exact) mass is 309 g/mol. The van der Waals surface area contributed by atoms with Gasteiger partial charge in [0.2, 0.25) is 5.91 Å². The number of aryl methyl sites for hydroxylation is 1. The van der Waals surface area contributed by atoms with Crippen molar-refractivity contribution in [2.75, 3.05) is 13.1 Å². The average molecular weight is 309 g/mol. The van der Waals surface area contributed by atoms with Gasteiger partial charge in [0.15, 0.2) is 0 Å². The predicted molar refractivity (Wildman–Crippen MR) is 83.3 cm³/mol. The average Bonchev–Trinajstić information content (AvgIpc) is 2.81. The third-order valence-electron chi connectivity index (χ3n) is 3.86. The van der Waals surface area contributed by atoms with E-state index in [2.05, 4.69) is 43.1 Å². The molecule has 1 N–H and O–H groups in total. The molecule has 0 bridgehead atoms. The molecule has 1 aliphatic rings. The van der Waals surface area contributed by atoms with Crippen LogP contribution in [-0.4, -0.2) is 47.3 Å². The molecule has 6 nitrogen and oxygen atoms in total. The molecule has 1 fully saturated rings. The smallest absolute Gasteiger partial charge is 0.237 e. The highest BCUT2D eigenvalue weighted by atomic mass is 16.5. The molecule has 1 saturated heterocycles. The summed E-state index contributed by atoms with van der Waals surface area (Å²) in [6.45, 7) is 12.1. The molecule has 0 saturated carbocycles. The van der Waals surface area contributed by atoms with Gasteiger partial charge in [-0.15, -0.1) is 0 Å². The van der Waals surface area contributed by atoms with E-state index in [1.807, 2.05) is 13.0 Å². The van der Waals surface area contributed by atoms with Gasteiger partial charge in [-0.25, -0.2) is 0 Å². The van der Waals surface area contributed by atoms with Crippen molar-refractivity contribution in [3.63, 3.8) is 0 Å². The van der Waals surface area contributed by atoms with Crippen LogP contribution in [0.15, 0.2) is 10.6 Å². The molecule has 1 amide bonds. The minimum absolute atomic E-state index is 0.0388. The van der Waals surface area contributed by atoms with Gasteiger partial charge in [0.1, 0.15) is 11.5 Å². The summed E-state index contributed by atoms with van der Waals surface area (Å²) in [5, 5.41) is 6.88. The lowest BCUT2D eigenvalue weighted by molar-refractivity contribution is -0.135. The first kappa shape index (κ1) is 17.0. The van der Waals surface area contributed by atoms with E-state index in [-0.39, 0.29) is 30.1 Å². The van der Waals surface area contributed by atoms with Crippen LogP contribution >= 0.6 is 0 Å². The summed E-state index contributed by atoms with van der Waals surface area (Å²) in [7, 11) is 0. The number of carbonyl (C=O) groups is 1. The zero-order chi connectivity index (χ0) is 16.3. The fourth-order valence-corrected chi connectivity index (χ4v) is 3.12. The topological polar surface area (TPSA) is 67.6 Å². The van der Waals surface area contributed by atoms with E-state index in [0.717, 1.165) is 24.5 Å². The summed E-state index contributed by atoms with van der Waals surface area (Å²) in [5.74, 6) is 1.02. The quantitative estimate of drug-likeness (QED) is 0.897. The van der Waals surface area contributed by atoms with Crippen molar-refractivity contribution in [1.82, 2.24) is 15.4 Å². The Bertz CT molecular complexity index is 491. The third kappa shape index (κ3) is 4.30. The molecule has 2 heterocycles. The van der Waals surface area contributed by atoms with Crippen LogP contribution in [0.5, 0.6) is 0 Å². The second-order valence-corrected chi connectivity index (χ2v) is 6.55. The third-order valence-corrected chi connectivity index (χ3v) is 3.86. The van der Waals surface area contributed by atoms with Gasteiger partial charge < -0.3 is 14.6 Å². The number of nitrogens with zero attached hydrogens (tertiary/aromatic N) is 2. The molecular weight excluding hydrogens is 282 g/mol. The van der Waals surface area contributed by atoms with Gasteiger partial charge in [0.25, 0.3) is 0 Å². The number of carbonyl (C=O) groups excluding carboxylic acids is 1. The molecule has 124 valence electrons. The van der Waals surface area contributed by atoms with Crippen LogP contribution in [0.25, 0.3) is 0 Å². The Hall–Kier alpha value is -1.40. The number of morpholine rings is 1. The molecule has 1 aromatic rings. The van der Waals surface area contributed by atoms with Crippen molar-refractivity contribution in [2.45, 2.75) is 59.4 Å². The van der Waals surface area contributed by atoms with E-state index < -0.39 is 0 Å². The normalized spacial score (nSPS) is 24.5. The molecule has 2 rings (SSSR count). The Morgan fingerprint density at radius 3 is 2.55 bits per heavy atom. The SMILES string of the molecule is Cc1cc(CNC(=O)[C@H](C(C)C)N2C[C@@H](C)O[C@H](C)C2)no1. The van der Waals surface area contributed by atoms with E-state index >= 15 is 0 Å². The highest BCUT2D eigenvalue weighted by Crippen LogP contribution is 2.18. The Balaban J connectivity index is 1.98. The summed E-state index contributed by atoms with van der Waals surface area (Å²) in [4.78, 5) is 14.9.